The molecule has 1 atom stereocenters. The molecule has 1 aliphatic rings. The zero-order valence-corrected chi connectivity index (χ0v) is 7.74. The van der Waals surface area contributed by atoms with E-state index in [0.29, 0.717) is 0 Å². The van der Waals surface area contributed by atoms with Gasteiger partial charge in [-0.25, -0.2) is 8.78 Å². The van der Waals surface area contributed by atoms with Gasteiger partial charge >= 0.3 is 5.97 Å². The maximum atomic E-state index is 12.5. The molecule has 1 saturated heterocycles. The summed E-state index contributed by atoms with van der Waals surface area (Å²) in [5.74, 6) is -3.59. The maximum Gasteiger partial charge on any atom is 0.303 e. The number of hydrogen-bond donors (Lipinski definition) is 2. The Bertz CT molecular complexity index is 189. The van der Waals surface area contributed by atoms with Gasteiger partial charge in [-0.15, -0.1) is 12.4 Å². The molecule has 0 aliphatic carbocycles. The van der Waals surface area contributed by atoms with Crippen molar-refractivity contribution in [3.63, 3.8) is 0 Å². The molecule has 0 aromatic carbocycles. The van der Waals surface area contributed by atoms with Crippen LogP contribution in [-0.4, -0.2) is 29.6 Å². The Labute approximate surface area is 80.9 Å². The van der Waals surface area contributed by atoms with Gasteiger partial charge in [0.2, 0.25) is 0 Å². The third kappa shape index (κ3) is 4.38. The number of carboxylic acids is 1. The van der Waals surface area contributed by atoms with Crippen molar-refractivity contribution in [2.45, 2.75) is 31.2 Å². The van der Waals surface area contributed by atoms with Gasteiger partial charge in [-0.3, -0.25) is 4.79 Å². The van der Waals surface area contributed by atoms with Crippen LogP contribution in [0.4, 0.5) is 8.78 Å². The highest BCUT2D eigenvalue weighted by Gasteiger charge is 2.38. The van der Waals surface area contributed by atoms with E-state index in [-0.39, 0.29) is 44.3 Å². The molecular weight excluding hydrogens is 204 g/mol. The first-order chi connectivity index (χ1) is 5.49. The second kappa shape index (κ2) is 4.72. The maximum absolute atomic E-state index is 12.5. The van der Waals surface area contributed by atoms with Gasteiger partial charge in [0.15, 0.2) is 0 Å². The molecule has 0 aromatic heterocycles. The van der Waals surface area contributed by atoms with E-state index in [1.807, 2.05) is 0 Å². The van der Waals surface area contributed by atoms with Gasteiger partial charge in [0.25, 0.3) is 5.92 Å². The van der Waals surface area contributed by atoms with Crippen LogP contribution in [0.5, 0.6) is 0 Å². The third-order valence-corrected chi connectivity index (χ3v) is 1.90. The third-order valence-electron chi connectivity index (χ3n) is 1.90. The normalized spacial score (nSPS) is 25.2. The van der Waals surface area contributed by atoms with E-state index < -0.39 is 11.9 Å². The molecule has 0 bridgehead atoms. The molecule has 0 spiro atoms. The Morgan fingerprint density at radius 2 is 2.23 bits per heavy atom. The minimum atomic E-state index is -2.65. The Balaban J connectivity index is 0.00000144. The second-order valence-electron chi connectivity index (χ2n) is 3.07. The van der Waals surface area contributed by atoms with Crippen molar-refractivity contribution in [2.24, 2.45) is 0 Å². The molecule has 13 heavy (non-hydrogen) atoms. The van der Waals surface area contributed by atoms with Crippen molar-refractivity contribution < 1.29 is 18.7 Å². The fourth-order valence-electron chi connectivity index (χ4n) is 1.30. The van der Waals surface area contributed by atoms with E-state index in [0.717, 1.165) is 0 Å². The molecule has 3 nitrogen and oxygen atoms in total. The van der Waals surface area contributed by atoms with Crippen LogP contribution in [0.2, 0.25) is 0 Å². The Kier molecular flexibility index (Phi) is 4.56. The smallest absolute Gasteiger partial charge is 0.303 e. The van der Waals surface area contributed by atoms with E-state index in [2.05, 4.69) is 5.32 Å². The molecular formula is C7H12ClF2NO2. The summed E-state index contributed by atoms with van der Waals surface area (Å²) in [5.41, 5.74) is 0. The molecule has 0 saturated carbocycles. The van der Waals surface area contributed by atoms with Gasteiger partial charge in [0.05, 0.1) is 6.54 Å². The minimum Gasteiger partial charge on any atom is -0.481 e. The number of rotatable bonds is 3. The Morgan fingerprint density at radius 3 is 2.62 bits per heavy atom. The van der Waals surface area contributed by atoms with Crippen molar-refractivity contribution in [2.75, 3.05) is 6.54 Å². The summed E-state index contributed by atoms with van der Waals surface area (Å²) >= 11 is 0. The van der Waals surface area contributed by atoms with Crippen molar-refractivity contribution in [3.05, 3.63) is 0 Å². The summed E-state index contributed by atoms with van der Waals surface area (Å²) in [7, 11) is 0. The molecule has 1 unspecified atom stereocenters. The van der Waals surface area contributed by atoms with Crippen molar-refractivity contribution in [3.8, 4) is 0 Å². The van der Waals surface area contributed by atoms with Crippen molar-refractivity contribution >= 4 is 18.4 Å². The summed E-state index contributed by atoms with van der Waals surface area (Å²) in [4.78, 5) is 10.1. The predicted octanol–water partition coefficient (Wildman–Crippen LogP) is 1.27. The quantitative estimate of drug-likeness (QED) is 0.746. The summed E-state index contributed by atoms with van der Waals surface area (Å²) < 4.78 is 25.0. The largest absolute Gasteiger partial charge is 0.481 e. The van der Waals surface area contributed by atoms with Crippen LogP contribution in [0.1, 0.15) is 19.3 Å². The van der Waals surface area contributed by atoms with Crippen LogP contribution in [0.3, 0.4) is 0 Å². The van der Waals surface area contributed by atoms with E-state index in [9.17, 15) is 13.6 Å². The molecule has 0 amide bonds. The topological polar surface area (TPSA) is 49.3 Å². The van der Waals surface area contributed by atoms with Gasteiger partial charge in [0.1, 0.15) is 0 Å². The van der Waals surface area contributed by atoms with Gasteiger partial charge in [0, 0.05) is 18.9 Å². The lowest BCUT2D eigenvalue weighted by molar-refractivity contribution is -0.137. The van der Waals surface area contributed by atoms with Crippen LogP contribution in [0.15, 0.2) is 0 Å². The van der Waals surface area contributed by atoms with Gasteiger partial charge in [-0.2, -0.15) is 0 Å². The number of aliphatic carboxylic acids is 1. The van der Waals surface area contributed by atoms with E-state index in [1.54, 1.807) is 0 Å². The first-order valence-corrected chi connectivity index (χ1v) is 3.83. The van der Waals surface area contributed by atoms with E-state index in [4.69, 9.17) is 5.11 Å². The number of alkyl halides is 2. The molecule has 2 N–H and O–H groups in total. The first kappa shape index (κ1) is 12.6. The molecule has 6 heteroatoms. The monoisotopic (exact) mass is 215 g/mol. The highest BCUT2D eigenvalue weighted by Crippen LogP contribution is 2.26. The molecule has 1 rings (SSSR count). The average Bonchev–Trinajstić information content (AvgIpc) is 2.26. The van der Waals surface area contributed by atoms with Gasteiger partial charge in [-0.05, 0) is 6.42 Å². The summed E-state index contributed by atoms with van der Waals surface area (Å²) in [6.45, 7) is -0.322. The molecule has 1 aliphatic heterocycles. The number of halogens is 3. The van der Waals surface area contributed by atoms with Gasteiger partial charge < -0.3 is 10.4 Å². The fraction of sp³-hybridized carbons (Fsp3) is 0.857. The van der Waals surface area contributed by atoms with E-state index >= 15 is 0 Å². The van der Waals surface area contributed by atoms with Crippen LogP contribution in [-0.2, 0) is 4.79 Å². The summed E-state index contributed by atoms with van der Waals surface area (Å²) in [5, 5.41) is 10.9. The lowest BCUT2D eigenvalue weighted by atomic mass is 10.1. The highest BCUT2D eigenvalue weighted by molar-refractivity contribution is 5.85. The number of carbonyl (C=O) groups is 1. The SMILES string of the molecule is Cl.O=C(O)CCC1CC(F)(F)CN1. The van der Waals surface area contributed by atoms with Crippen LogP contribution in [0, 0.1) is 0 Å². The Morgan fingerprint density at radius 1 is 1.62 bits per heavy atom. The zero-order chi connectivity index (χ0) is 9.19. The molecule has 1 heterocycles. The zero-order valence-electron chi connectivity index (χ0n) is 6.93. The summed E-state index contributed by atoms with van der Waals surface area (Å²) in [6, 6.07) is -0.337. The minimum absolute atomic E-state index is 0. The van der Waals surface area contributed by atoms with Crippen LogP contribution >= 0.6 is 12.4 Å². The second-order valence-corrected chi connectivity index (χ2v) is 3.07. The Hall–Kier alpha value is -0.420. The number of carboxylic acid groups (broad SMARTS) is 1. The van der Waals surface area contributed by atoms with Crippen LogP contribution in [0.25, 0.3) is 0 Å². The number of hydrogen-bond acceptors (Lipinski definition) is 2. The van der Waals surface area contributed by atoms with Crippen molar-refractivity contribution in [1.29, 1.82) is 0 Å². The standard InChI is InChI=1S/C7H11F2NO2.ClH/c8-7(9)3-5(10-4-7)1-2-6(11)12;/h5,10H,1-4H2,(H,11,12);1H. The average molecular weight is 216 g/mol. The molecule has 78 valence electrons. The number of nitrogens with one attached hydrogen (secondary N) is 1. The first-order valence-electron chi connectivity index (χ1n) is 3.83. The predicted molar refractivity (Wildman–Crippen MR) is 45.5 cm³/mol. The lowest BCUT2D eigenvalue weighted by Crippen LogP contribution is -2.22. The lowest BCUT2D eigenvalue weighted by Gasteiger charge is -2.07. The summed E-state index contributed by atoms with van der Waals surface area (Å²) in [6.07, 6.45) is -0.00104. The molecule has 1 fully saturated rings. The van der Waals surface area contributed by atoms with Crippen LogP contribution < -0.4 is 5.32 Å². The van der Waals surface area contributed by atoms with E-state index in [1.165, 1.54) is 0 Å². The highest BCUT2D eigenvalue weighted by atomic mass is 35.5. The fourth-order valence-corrected chi connectivity index (χ4v) is 1.30. The molecule has 0 aromatic rings. The van der Waals surface area contributed by atoms with Gasteiger partial charge in [-0.1, -0.05) is 0 Å². The van der Waals surface area contributed by atoms with Crippen molar-refractivity contribution in [1.82, 2.24) is 5.32 Å². The molecule has 0 radical (unpaired) electrons.